The monoisotopic (exact) mass is 265 g/mol. The van der Waals surface area contributed by atoms with Crippen molar-refractivity contribution in [2.75, 3.05) is 7.11 Å². The Labute approximate surface area is 115 Å². The molecule has 0 radical (unpaired) electrons. The van der Waals surface area contributed by atoms with Crippen LogP contribution in [0.2, 0.25) is 0 Å². The molecule has 0 aliphatic heterocycles. The first-order valence-electron chi connectivity index (χ1n) is 6.68. The molecule has 4 heteroatoms. The number of carbonyl (C=O) groups is 1. The molecule has 0 bridgehead atoms. The van der Waals surface area contributed by atoms with Crippen LogP contribution in [0.25, 0.3) is 0 Å². The molecule has 4 nitrogen and oxygen atoms in total. The molecular formula is C15H23NO3. The van der Waals surface area contributed by atoms with Crippen molar-refractivity contribution in [2.24, 2.45) is 0 Å². The minimum atomic E-state index is -0.507. The van der Waals surface area contributed by atoms with Gasteiger partial charge in [-0.15, -0.1) is 0 Å². The van der Waals surface area contributed by atoms with Crippen molar-refractivity contribution in [1.82, 2.24) is 5.32 Å². The zero-order chi connectivity index (χ0) is 14.3. The minimum absolute atomic E-state index is 0.0863. The van der Waals surface area contributed by atoms with Crippen molar-refractivity contribution in [3.8, 4) is 11.5 Å². The number of hydrogen-bond acceptors (Lipinski definition) is 3. The van der Waals surface area contributed by atoms with E-state index < -0.39 is 6.10 Å². The van der Waals surface area contributed by atoms with Crippen LogP contribution in [-0.4, -0.2) is 25.2 Å². The van der Waals surface area contributed by atoms with E-state index in [1.54, 1.807) is 38.3 Å². The van der Waals surface area contributed by atoms with E-state index in [9.17, 15) is 4.79 Å². The maximum atomic E-state index is 11.9. The third-order valence-corrected chi connectivity index (χ3v) is 2.85. The summed E-state index contributed by atoms with van der Waals surface area (Å²) in [5.74, 6) is 1.34. The van der Waals surface area contributed by atoms with Gasteiger partial charge in [-0.25, -0.2) is 0 Å². The van der Waals surface area contributed by atoms with Gasteiger partial charge in [-0.1, -0.05) is 13.3 Å². The number of ether oxygens (including phenoxy) is 2. The van der Waals surface area contributed by atoms with Crippen LogP contribution in [0.3, 0.4) is 0 Å². The highest BCUT2D eigenvalue weighted by Crippen LogP contribution is 2.18. The molecule has 1 N–H and O–H groups in total. The fourth-order valence-corrected chi connectivity index (χ4v) is 1.78. The zero-order valence-corrected chi connectivity index (χ0v) is 12.1. The average molecular weight is 265 g/mol. The summed E-state index contributed by atoms with van der Waals surface area (Å²) in [6, 6.07) is 7.37. The second kappa shape index (κ2) is 7.67. The second-order valence-corrected chi connectivity index (χ2v) is 4.63. The van der Waals surface area contributed by atoms with Crippen molar-refractivity contribution >= 4 is 5.91 Å². The van der Waals surface area contributed by atoms with Gasteiger partial charge >= 0.3 is 0 Å². The van der Waals surface area contributed by atoms with Gasteiger partial charge in [-0.2, -0.15) is 0 Å². The lowest BCUT2D eigenvalue weighted by Gasteiger charge is -2.18. The maximum absolute atomic E-state index is 11.9. The summed E-state index contributed by atoms with van der Waals surface area (Å²) in [4.78, 5) is 11.9. The van der Waals surface area contributed by atoms with Crippen LogP contribution < -0.4 is 14.8 Å². The standard InChI is InChI=1S/C15H23NO3/c1-5-6-11(2)16-15(17)12(3)19-14-9-7-13(18-4)8-10-14/h7-12H,5-6H2,1-4H3,(H,16,17)/t11-,12-/m1/s1. The van der Waals surface area contributed by atoms with Crippen LogP contribution >= 0.6 is 0 Å². The SMILES string of the molecule is CCC[C@@H](C)NC(=O)[C@@H](C)Oc1ccc(OC)cc1. The Balaban J connectivity index is 2.48. The van der Waals surface area contributed by atoms with Gasteiger partial charge in [-0.3, -0.25) is 4.79 Å². The smallest absolute Gasteiger partial charge is 0.260 e. The Morgan fingerprint density at radius 1 is 1.21 bits per heavy atom. The van der Waals surface area contributed by atoms with E-state index in [0.717, 1.165) is 18.6 Å². The Kier molecular flexibility index (Phi) is 6.19. The zero-order valence-electron chi connectivity index (χ0n) is 12.1. The van der Waals surface area contributed by atoms with Gasteiger partial charge in [0.05, 0.1) is 7.11 Å². The first-order chi connectivity index (χ1) is 9.06. The summed E-state index contributed by atoms with van der Waals surface area (Å²) in [7, 11) is 1.61. The summed E-state index contributed by atoms with van der Waals surface area (Å²) in [5, 5.41) is 2.93. The minimum Gasteiger partial charge on any atom is -0.497 e. The lowest BCUT2D eigenvalue weighted by Crippen LogP contribution is -2.41. The Hall–Kier alpha value is -1.71. The molecule has 19 heavy (non-hydrogen) atoms. The van der Waals surface area contributed by atoms with Gasteiger partial charge in [0.25, 0.3) is 5.91 Å². The molecule has 106 valence electrons. The topological polar surface area (TPSA) is 47.6 Å². The van der Waals surface area contributed by atoms with Gasteiger partial charge in [-0.05, 0) is 44.5 Å². The Bertz CT molecular complexity index is 389. The molecule has 1 amide bonds. The number of methoxy groups -OCH3 is 1. The van der Waals surface area contributed by atoms with E-state index in [1.165, 1.54) is 0 Å². The largest absolute Gasteiger partial charge is 0.497 e. The lowest BCUT2D eigenvalue weighted by molar-refractivity contribution is -0.127. The number of carbonyl (C=O) groups excluding carboxylic acids is 1. The van der Waals surface area contributed by atoms with Gasteiger partial charge in [0.15, 0.2) is 6.10 Å². The predicted molar refractivity (Wildman–Crippen MR) is 75.6 cm³/mol. The number of amides is 1. The van der Waals surface area contributed by atoms with E-state index in [-0.39, 0.29) is 11.9 Å². The molecule has 0 aliphatic carbocycles. The quantitative estimate of drug-likeness (QED) is 0.824. The molecule has 0 spiro atoms. The molecule has 0 fully saturated rings. The van der Waals surface area contributed by atoms with E-state index in [4.69, 9.17) is 9.47 Å². The summed E-state index contributed by atoms with van der Waals surface area (Å²) in [6.07, 6.45) is 1.52. The second-order valence-electron chi connectivity index (χ2n) is 4.63. The summed E-state index contributed by atoms with van der Waals surface area (Å²) < 4.78 is 10.7. The fraction of sp³-hybridized carbons (Fsp3) is 0.533. The predicted octanol–water partition coefficient (Wildman–Crippen LogP) is 2.77. The molecular weight excluding hydrogens is 242 g/mol. The molecule has 0 aromatic heterocycles. The van der Waals surface area contributed by atoms with Gasteiger partial charge in [0.2, 0.25) is 0 Å². The number of rotatable bonds is 7. The van der Waals surface area contributed by atoms with Crippen LogP contribution in [0.1, 0.15) is 33.6 Å². The van der Waals surface area contributed by atoms with E-state index in [0.29, 0.717) is 5.75 Å². The van der Waals surface area contributed by atoms with Crippen LogP contribution in [0.5, 0.6) is 11.5 Å². The molecule has 0 saturated heterocycles. The van der Waals surface area contributed by atoms with E-state index in [2.05, 4.69) is 12.2 Å². The van der Waals surface area contributed by atoms with Crippen LogP contribution in [0, 0.1) is 0 Å². The third kappa shape index (κ3) is 5.20. The first-order valence-corrected chi connectivity index (χ1v) is 6.68. The summed E-state index contributed by atoms with van der Waals surface area (Å²) >= 11 is 0. The van der Waals surface area contributed by atoms with Crippen molar-refractivity contribution in [2.45, 2.75) is 45.8 Å². The van der Waals surface area contributed by atoms with Crippen molar-refractivity contribution < 1.29 is 14.3 Å². The number of hydrogen-bond donors (Lipinski definition) is 1. The number of benzene rings is 1. The molecule has 0 unspecified atom stereocenters. The Morgan fingerprint density at radius 3 is 2.32 bits per heavy atom. The fourth-order valence-electron chi connectivity index (χ4n) is 1.78. The Morgan fingerprint density at radius 2 is 1.79 bits per heavy atom. The molecule has 2 atom stereocenters. The van der Waals surface area contributed by atoms with Crippen molar-refractivity contribution in [3.63, 3.8) is 0 Å². The van der Waals surface area contributed by atoms with Crippen LogP contribution in [-0.2, 0) is 4.79 Å². The van der Waals surface area contributed by atoms with Gasteiger partial charge < -0.3 is 14.8 Å². The molecule has 0 heterocycles. The molecule has 0 saturated carbocycles. The maximum Gasteiger partial charge on any atom is 0.260 e. The molecule has 1 aromatic carbocycles. The van der Waals surface area contributed by atoms with E-state index in [1.807, 2.05) is 6.92 Å². The average Bonchev–Trinajstić information content (AvgIpc) is 2.39. The summed E-state index contributed by atoms with van der Waals surface area (Å²) in [5.41, 5.74) is 0. The first kappa shape index (κ1) is 15.3. The molecule has 0 aliphatic rings. The lowest BCUT2D eigenvalue weighted by atomic mass is 10.2. The third-order valence-electron chi connectivity index (χ3n) is 2.85. The molecule has 1 rings (SSSR count). The highest BCUT2D eigenvalue weighted by molar-refractivity contribution is 5.80. The van der Waals surface area contributed by atoms with Crippen molar-refractivity contribution in [3.05, 3.63) is 24.3 Å². The highest BCUT2D eigenvalue weighted by Gasteiger charge is 2.16. The number of nitrogens with one attached hydrogen (secondary N) is 1. The van der Waals surface area contributed by atoms with Crippen LogP contribution in [0.15, 0.2) is 24.3 Å². The molecule has 1 aromatic rings. The highest BCUT2D eigenvalue weighted by atomic mass is 16.5. The van der Waals surface area contributed by atoms with Gasteiger partial charge in [0, 0.05) is 6.04 Å². The van der Waals surface area contributed by atoms with Gasteiger partial charge in [0.1, 0.15) is 11.5 Å². The normalized spacial score (nSPS) is 13.5. The summed E-state index contributed by atoms with van der Waals surface area (Å²) in [6.45, 7) is 5.85. The van der Waals surface area contributed by atoms with E-state index >= 15 is 0 Å². The van der Waals surface area contributed by atoms with Crippen molar-refractivity contribution in [1.29, 1.82) is 0 Å². The van der Waals surface area contributed by atoms with Crippen LogP contribution in [0.4, 0.5) is 0 Å².